The van der Waals surface area contributed by atoms with Crippen LogP contribution in [-0.2, 0) is 10.2 Å². The van der Waals surface area contributed by atoms with Gasteiger partial charge in [-0.15, -0.1) is 0 Å². The summed E-state index contributed by atoms with van der Waals surface area (Å²) in [5.74, 6) is 1.29. The van der Waals surface area contributed by atoms with E-state index in [1.165, 1.54) is 18.4 Å². The smallest absolute Gasteiger partial charge is 0.263 e. The van der Waals surface area contributed by atoms with Crippen LogP contribution in [0.25, 0.3) is 0 Å². The molecule has 1 aromatic heterocycles. The first-order chi connectivity index (χ1) is 11.9. The normalized spacial score (nSPS) is 15.3. The quantitative estimate of drug-likeness (QED) is 0.881. The molecular formula is C20H27N3O2. The highest BCUT2D eigenvalue weighted by Gasteiger charge is 2.20. The monoisotopic (exact) mass is 341 g/mol. The maximum absolute atomic E-state index is 12.2. The van der Waals surface area contributed by atoms with Gasteiger partial charge in [0.25, 0.3) is 5.91 Å². The molecule has 0 spiro atoms. The van der Waals surface area contributed by atoms with Crippen molar-refractivity contribution in [1.29, 1.82) is 0 Å². The minimum absolute atomic E-state index is 0.00922. The van der Waals surface area contributed by atoms with Gasteiger partial charge in [0.15, 0.2) is 6.61 Å². The second-order valence-corrected chi connectivity index (χ2v) is 7.71. The molecule has 25 heavy (non-hydrogen) atoms. The Hall–Kier alpha value is -2.30. The predicted octanol–water partition coefficient (Wildman–Crippen LogP) is 4.31. The van der Waals surface area contributed by atoms with Crippen LogP contribution in [0.4, 0.5) is 5.82 Å². The second-order valence-electron chi connectivity index (χ2n) is 7.71. The van der Waals surface area contributed by atoms with Crippen LogP contribution in [-0.4, -0.2) is 22.3 Å². The lowest BCUT2D eigenvalue weighted by Crippen LogP contribution is -2.23. The Kier molecular flexibility index (Phi) is 5.11. The van der Waals surface area contributed by atoms with Crippen LogP contribution in [0, 0.1) is 0 Å². The van der Waals surface area contributed by atoms with E-state index in [0.29, 0.717) is 11.8 Å². The summed E-state index contributed by atoms with van der Waals surface area (Å²) in [7, 11) is 0. The van der Waals surface area contributed by atoms with Gasteiger partial charge < -0.3 is 10.1 Å². The fourth-order valence-corrected chi connectivity index (χ4v) is 3.23. The maximum Gasteiger partial charge on any atom is 0.263 e. The average molecular weight is 341 g/mol. The number of amides is 1. The zero-order chi connectivity index (χ0) is 17.9. The third-order valence-electron chi connectivity index (χ3n) is 4.70. The van der Waals surface area contributed by atoms with Crippen LogP contribution in [0.15, 0.2) is 36.5 Å². The molecule has 1 aliphatic rings. The number of ether oxygens (including phenoxy) is 1. The second kappa shape index (κ2) is 7.30. The molecule has 2 aromatic rings. The molecular weight excluding hydrogens is 314 g/mol. The molecule has 0 atom stereocenters. The molecule has 0 bridgehead atoms. The van der Waals surface area contributed by atoms with E-state index in [2.05, 4.69) is 31.2 Å². The molecule has 1 saturated carbocycles. The number of carbonyl (C=O) groups is 1. The number of anilines is 1. The number of nitrogens with one attached hydrogen (secondary N) is 1. The lowest BCUT2D eigenvalue weighted by molar-refractivity contribution is -0.118. The van der Waals surface area contributed by atoms with E-state index < -0.39 is 0 Å². The van der Waals surface area contributed by atoms with Crippen LogP contribution < -0.4 is 10.1 Å². The molecule has 5 nitrogen and oxygen atoms in total. The van der Waals surface area contributed by atoms with Gasteiger partial charge in [-0.05, 0) is 36.0 Å². The summed E-state index contributed by atoms with van der Waals surface area (Å²) in [6.07, 6.45) is 6.44. The maximum atomic E-state index is 12.2. The van der Waals surface area contributed by atoms with Crippen molar-refractivity contribution in [3.63, 3.8) is 0 Å². The van der Waals surface area contributed by atoms with E-state index >= 15 is 0 Å². The Morgan fingerprint density at radius 1 is 1.20 bits per heavy atom. The van der Waals surface area contributed by atoms with E-state index in [0.717, 1.165) is 18.7 Å². The molecule has 1 aliphatic carbocycles. The molecule has 1 N–H and O–H groups in total. The molecule has 1 amide bonds. The topological polar surface area (TPSA) is 56.1 Å². The van der Waals surface area contributed by atoms with Gasteiger partial charge in [-0.2, -0.15) is 5.10 Å². The third kappa shape index (κ3) is 4.41. The van der Waals surface area contributed by atoms with Crippen LogP contribution >= 0.6 is 0 Å². The number of carbonyl (C=O) groups excluding carboxylic acids is 1. The number of nitrogens with zero attached hydrogens (tertiary/aromatic N) is 2. The first-order valence-corrected chi connectivity index (χ1v) is 9.00. The first-order valence-electron chi connectivity index (χ1n) is 9.00. The number of hydrogen-bond donors (Lipinski definition) is 1. The summed E-state index contributed by atoms with van der Waals surface area (Å²) in [6, 6.07) is 10.2. The van der Waals surface area contributed by atoms with Gasteiger partial charge >= 0.3 is 0 Å². The van der Waals surface area contributed by atoms with Crippen LogP contribution in [0.1, 0.15) is 58.1 Å². The Labute approximate surface area is 149 Å². The molecule has 0 radical (unpaired) electrons. The largest absolute Gasteiger partial charge is 0.484 e. The Morgan fingerprint density at radius 2 is 1.88 bits per heavy atom. The van der Waals surface area contributed by atoms with Crippen molar-refractivity contribution in [2.24, 2.45) is 0 Å². The van der Waals surface area contributed by atoms with Crippen LogP contribution in [0.2, 0.25) is 0 Å². The molecule has 0 unspecified atom stereocenters. The van der Waals surface area contributed by atoms with Crippen molar-refractivity contribution >= 4 is 11.7 Å². The minimum atomic E-state index is -0.167. The van der Waals surface area contributed by atoms with E-state index in [9.17, 15) is 4.79 Å². The summed E-state index contributed by atoms with van der Waals surface area (Å²) in [5.41, 5.74) is 1.35. The molecule has 3 rings (SSSR count). The lowest BCUT2D eigenvalue weighted by atomic mass is 9.87. The van der Waals surface area contributed by atoms with Gasteiger partial charge in [0.2, 0.25) is 0 Å². The van der Waals surface area contributed by atoms with Crippen molar-refractivity contribution in [1.82, 2.24) is 9.78 Å². The lowest BCUT2D eigenvalue weighted by Gasteiger charge is -2.19. The minimum Gasteiger partial charge on any atom is -0.484 e. The first kappa shape index (κ1) is 17.5. The molecule has 5 heteroatoms. The SMILES string of the molecule is CC(C)(C)c1ccc(OCC(=O)Nc2ccnn2C2CCCC2)cc1. The van der Waals surface area contributed by atoms with E-state index in [1.807, 2.05) is 35.0 Å². The van der Waals surface area contributed by atoms with E-state index in [4.69, 9.17) is 4.74 Å². The van der Waals surface area contributed by atoms with Crippen molar-refractivity contribution < 1.29 is 9.53 Å². The Balaban J connectivity index is 1.54. The summed E-state index contributed by atoms with van der Waals surface area (Å²) in [4.78, 5) is 12.2. The number of aromatic nitrogens is 2. The summed E-state index contributed by atoms with van der Waals surface area (Å²) in [6.45, 7) is 6.50. The van der Waals surface area contributed by atoms with Crippen molar-refractivity contribution in [2.75, 3.05) is 11.9 Å². The van der Waals surface area contributed by atoms with Gasteiger partial charge in [0.05, 0.1) is 12.2 Å². The number of benzene rings is 1. The van der Waals surface area contributed by atoms with Gasteiger partial charge in [0.1, 0.15) is 11.6 Å². The highest BCUT2D eigenvalue weighted by molar-refractivity contribution is 5.91. The summed E-state index contributed by atoms with van der Waals surface area (Å²) < 4.78 is 7.54. The van der Waals surface area contributed by atoms with Gasteiger partial charge in [-0.25, -0.2) is 4.68 Å². The highest BCUT2D eigenvalue weighted by atomic mass is 16.5. The van der Waals surface area contributed by atoms with E-state index in [-0.39, 0.29) is 17.9 Å². The van der Waals surface area contributed by atoms with Crippen molar-refractivity contribution in [2.45, 2.75) is 57.9 Å². The highest BCUT2D eigenvalue weighted by Crippen LogP contribution is 2.31. The van der Waals surface area contributed by atoms with E-state index in [1.54, 1.807) is 6.20 Å². The standard InChI is InChI=1S/C20H27N3O2/c1-20(2,3)15-8-10-17(11-9-15)25-14-19(24)22-18-12-13-21-23(18)16-6-4-5-7-16/h8-13,16H,4-7,14H2,1-3H3,(H,22,24). The fraction of sp³-hybridized carbons (Fsp3) is 0.500. The predicted molar refractivity (Wildman–Crippen MR) is 99.0 cm³/mol. The summed E-state index contributed by atoms with van der Waals surface area (Å²) >= 11 is 0. The molecule has 1 aromatic carbocycles. The molecule has 0 aliphatic heterocycles. The number of rotatable bonds is 5. The van der Waals surface area contributed by atoms with Crippen LogP contribution in [0.5, 0.6) is 5.75 Å². The van der Waals surface area contributed by atoms with Crippen molar-refractivity contribution in [3.05, 3.63) is 42.1 Å². The van der Waals surface area contributed by atoms with Gasteiger partial charge in [-0.3, -0.25) is 4.79 Å². The Morgan fingerprint density at radius 3 is 2.52 bits per heavy atom. The fourth-order valence-electron chi connectivity index (χ4n) is 3.23. The molecule has 134 valence electrons. The van der Waals surface area contributed by atoms with Crippen LogP contribution in [0.3, 0.4) is 0 Å². The third-order valence-corrected chi connectivity index (χ3v) is 4.70. The average Bonchev–Trinajstić information content (AvgIpc) is 3.23. The number of hydrogen-bond acceptors (Lipinski definition) is 3. The van der Waals surface area contributed by atoms with Gasteiger partial charge in [-0.1, -0.05) is 45.7 Å². The molecule has 0 saturated heterocycles. The Bertz CT molecular complexity index is 707. The van der Waals surface area contributed by atoms with Gasteiger partial charge in [0, 0.05) is 6.07 Å². The zero-order valence-corrected chi connectivity index (χ0v) is 15.3. The van der Waals surface area contributed by atoms with Crippen molar-refractivity contribution in [3.8, 4) is 5.75 Å². The molecule has 1 fully saturated rings. The summed E-state index contributed by atoms with van der Waals surface area (Å²) in [5, 5.41) is 7.27. The molecule has 1 heterocycles. The zero-order valence-electron chi connectivity index (χ0n) is 15.3.